The van der Waals surface area contributed by atoms with Gasteiger partial charge < -0.3 is 0 Å². The van der Waals surface area contributed by atoms with Gasteiger partial charge in [0.25, 0.3) is 0 Å². The molecule has 0 aromatic heterocycles. The van der Waals surface area contributed by atoms with Crippen LogP contribution in [0.15, 0.2) is 30.3 Å². The average Bonchev–Trinajstić information content (AvgIpc) is 3.07. The fraction of sp³-hybridized carbons (Fsp3) is 0.533. The average molecular weight is 228 g/mol. The number of hydrogen-bond donors (Lipinski definition) is 1. The summed E-state index contributed by atoms with van der Waals surface area (Å²) in [5.41, 5.74) is 1.66. The van der Waals surface area contributed by atoms with Gasteiger partial charge in [-0.2, -0.15) is 5.26 Å². The zero-order valence-electron chi connectivity index (χ0n) is 10.6. The van der Waals surface area contributed by atoms with E-state index in [1.54, 1.807) is 0 Å². The molecule has 0 aliphatic heterocycles. The van der Waals surface area contributed by atoms with Crippen molar-refractivity contribution in [2.24, 2.45) is 5.41 Å². The third-order valence-electron chi connectivity index (χ3n) is 3.71. The third kappa shape index (κ3) is 3.31. The molecule has 1 N–H and O–H groups in total. The fourth-order valence-corrected chi connectivity index (χ4v) is 2.19. The van der Waals surface area contributed by atoms with Gasteiger partial charge in [0.05, 0.1) is 12.1 Å². The van der Waals surface area contributed by atoms with Gasteiger partial charge in [-0.1, -0.05) is 37.3 Å². The molecule has 0 bridgehead atoms. The Labute approximate surface area is 104 Å². The summed E-state index contributed by atoms with van der Waals surface area (Å²) in [5, 5.41) is 12.6. The van der Waals surface area contributed by atoms with E-state index < -0.39 is 0 Å². The van der Waals surface area contributed by atoms with Gasteiger partial charge >= 0.3 is 0 Å². The van der Waals surface area contributed by atoms with Crippen molar-refractivity contribution in [3.05, 3.63) is 35.9 Å². The van der Waals surface area contributed by atoms with Crippen molar-refractivity contribution >= 4 is 0 Å². The van der Waals surface area contributed by atoms with Crippen molar-refractivity contribution in [3.8, 4) is 6.07 Å². The van der Waals surface area contributed by atoms with Gasteiger partial charge in [-0.05, 0) is 37.2 Å². The van der Waals surface area contributed by atoms with Gasteiger partial charge in [0.15, 0.2) is 0 Å². The van der Waals surface area contributed by atoms with E-state index in [0.29, 0.717) is 5.41 Å². The Bertz CT molecular complexity index is 401. The first-order valence-corrected chi connectivity index (χ1v) is 6.34. The lowest BCUT2D eigenvalue weighted by Crippen LogP contribution is -2.32. The van der Waals surface area contributed by atoms with Crippen molar-refractivity contribution in [1.82, 2.24) is 5.32 Å². The predicted molar refractivity (Wildman–Crippen MR) is 69.4 cm³/mol. The van der Waals surface area contributed by atoms with Gasteiger partial charge in [-0.15, -0.1) is 0 Å². The first-order valence-electron chi connectivity index (χ1n) is 6.34. The highest BCUT2D eigenvalue weighted by molar-refractivity contribution is 5.19. The van der Waals surface area contributed by atoms with Crippen molar-refractivity contribution in [2.45, 2.75) is 45.2 Å². The van der Waals surface area contributed by atoms with E-state index in [-0.39, 0.29) is 12.1 Å². The summed E-state index contributed by atoms with van der Waals surface area (Å²) >= 11 is 0. The smallest absolute Gasteiger partial charge is 0.0962 e. The van der Waals surface area contributed by atoms with Crippen molar-refractivity contribution in [2.75, 3.05) is 0 Å². The molecule has 1 aromatic carbocycles. The van der Waals surface area contributed by atoms with Crippen LogP contribution in [0.2, 0.25) is 0 Å². The lowest BCUT2D eigenvalue weighted by atomic mass is 9.98. The van der Waals surface area contributed by atoms with Gasteiger partial charge in [-0.3, -0.25) is 5.32 Å². The van der Waals surface area contributed by atoms with Crippen LogP contribution in [-0.2, 0) is 0 Å². The molecule has 1 unspecified atom stereocenters. The molecule has 0 radical (unpaired) electrons. The van der Waals surface area contributed by atoms with Crippen molar-refractivity contribution in [3.63, 3.8) is 0 Å². The zero-order valence-corrected chi connectivity index (χ0v) is 10.6. The van der Waals surface area contributed by atoms with Crippen LogP contribution in [0.1, 0.15) is 44.7 Å². The summed E-state index contributed by atoms with van der Waals surface area (Å²) in [5.74, 6) is 0. The summed E-state index contributed by atoms with van der Waals surface area (Å²) in [6.07, 6.45) is 3.51. The van der Waals surface area contributed by atoms with Gasteiger partial charge in [0.2, 0.25) is 0 Å². The molecule has 1 aliphatic rings. The lowest BCUT2D eigenvalue weighted by molar-refractivity contribution is 0.410. The molecule has 1 fully saturated rings. The second-order valence-corrected chi connectivity index (χ2v) is 5.50. The summed E-state index contributed by atoms with van der Waals surface area (Å²) in [7, 11) is 0. The standard InChI is InChI=1S/C15H20N2/c1-12(13-6-4-3-5-7-13)17-14(11-16)10-15(2)8-9-15/h3-7,12,14,17H,8-10H2,1-2H3/t12-,14?/m1/s1. The molecule has 1 aliphatic carbocycles. The van der Waals surface area contributed by atoms with E-state index in [2.05, 4.69) is 37.4 Å². The van der Waals surface area contributed by atoms with Crippen LogP contribution >= 0.6 is 0 Å². The van der Waals surface area contributed by atoms with E-state index in [4.69, 9.17) is 0 Å². The molecule has 0 amide bonds. The van der Waals surface area contributed by atoms with Crippen LogP contribution < -0.4 is 5.32 Å². The molecule has 2 rings (SSSR count). The highest BCUT2D eigenvalue weighted by atomic mass is 14.9. The molecule has 2 atom stereocenters. The number of benzene rings is 1. The van der Waals surface area contributed by atoms with Crippen molar-refractivity contribution < 1.29 is 0 Å². The first-order chi connectivity index (χ1) is 8.13. The van der Waals surface area contributed by atoms with E-state index in [1.165, 1.54) is 18.4 Å². The summed E-state index contributed by atoms with van der Waals surface area (Å²) in [6.45, 7) is 4.39. The van der Waals surface area contributed by atoms with E-state index >= 15 is 0 Å². The predicted octanol–water partition coefficient (Wildman–Crippen LogP) is 3.42. The number of nitrogens with zero attached hydrogens (tertiary/aromatic N) is 1. The van der Waals surface area contributed by atoms with Crippen LogP contribution in [0.3, 0.4) is 0 Å². The maximum atomic E-state index is 9.20. The Balaban J connectivity index is 1.92. The minimum atomic E-state index is -0.0299. The Morgan fingerprint density at radius 3 is 2.53 bits per heavy atom. The summed E-state index contributed by atoms with van der Waals surface area (Å²) in [4.78, 5) is 0. The Morgan fingerprint density at radius 2 is 2.00 bits per heavy atom. The Kier molecular flexibility index (Phi) is 3.49. The van der Waals surface area contributed by atoms with Crippen LogP contribution in [0.4, 0.5) is 0 Å². The van der Waals surface area contributed by atoms with Crippen LogP contribution in [0.25, 0.3) is 0 Å². The molecule has 0 spiro atoms. The lowest BCUT2D eigenvalue weighted by Gasteiger charge is -2.20. The number of hydrogen-bond acceptors (Lipinski definition) is 2. The molecule has 90 valence electrons. The van der Waals surface area contributed by atoms with Gasteiger partial charge in [0, 0.05) is 6.04 Å². The molecular weight excluding hydrogens is 208 g/mol. The van der Waals surface area contributed by atoms with E-state index in [9.17, 15) is 5.26 Å². The zero-order chi connectivity index (χ0) is 12.3. The van der Waals surface area contributed by atoms with Crippen LogP contribution in [-0.4, -0.2) is 6.04 Å². The summed E-state index contributed by atoms with van der Waals surface area (Å²) in [6, 6.07) is 12.9. The second kappa shape index (κ2) is 4.89. The van der Waals surface area contributed by atoms with Crippen LogP contribution in [0.5, 0.6) is 0 Å². The molecule has 1 aromatic rings. The molecule has 1 saturated carbocycles. The molecular formula is C15H20N2. The summed E-state index contributed by atoms with van der Waals surface area (Å²) < 4.78 is 0. The minimum absolute atomic E-state index is 0.0299. The topological polar surface area (TPSA) is 35.8 Å². The number of nitriles is 1. The molecule has 17 heavy (non-hydrogen) atoms. The Hall–Kier alpha value is -1.33. The molecule has 0 saturated heterocycles. The molecule has 0 heterocycles. The SMILES string of the molecule is C[C@@H](NC(C#N)CC1(C)CC1)c1ccccc1. The maximum absolute atomic E-state index is 9.20. The quantitative estimate of drug-likeness (QED) is 0.838. The van der Waals surface area contributed by atoms with Gasteiger partial charge in [0.1, 0.15) is 0 Å². The molecule has 2 nitrogen and oxygen atoms in total. The normalized spacial score (nSPS) is 20.3. The fourth-order valence-electron chi connectivity index (χ4n) is 2.19. The monoisotopic (exact) mass is 228 g/mol. The third-order valence-corrected chi connectivity index (χ3v) is 3.71. The second-order valence-electron chi connectivity index (χ2n) is 5.50. The first kappa shape index (κ1) is 12.1. The maximum Gasteiger partial charge on any atom is 0.0962 e. The van der Waals surface area contributed by atoms with E-state index in [0.717, 1.165) is 6.42 Å². The minimum Gasteiger partial charge on any atom is -0.295 e. The number of nitrogens with one attached hydrogen (secondary N) is 1. The largest absolute Gasteiger partial charge is 0.295 e. The van der Waals surface area contributed by atoms with Gasteiger partial charge in [-0.25, -0.2) is 0 Å². The van der Waals surface area contributed by atoms with Crippen LogP contribution in [0, 0.1) is 16.7 Å². The molecule has 2 heteroatoms. The Morgan fingerprint density at radius 1 is 1.35 bits per heavy atom. The highest BCUT2D eigenvalue weighted by Crippen LogP contribution is 2.48. The highest BCUT2D eigenvalue weighted by Gasteiger charge is 2.39. The number of rotatable bonds is 5. The van der Waals surface area contributed by atoms with Crippen molar-refractivity contribution in [1.29, 1.82) is 5.26 Å². The van der Waals surface area contributed by atoms with E-state index in [1.807, 2.05) is 18.2 Å².